The van der Waals surface area contributed by atoms with E-state index in [9.17, 15) is 14.4 Å². The summed E-state index contributed by atoms with van der Waals surface area (Å²) in [5.74, 6) is -1.34. The molecule has 0 aromatic heterocycles. The molecule has 0 fully saturated rings. The number of hydrogen-bond acceptors (Lipinski definition) is 4. The summed E-state index contributed by atoms with van der Waals surface area (Å²) in [6.07, 6.45) is 0.182. The van der Waals surface area contributed by atoms with Gasteiger partial charge < -0.3 is 15.4 Å². The second-order valence-corrected chi connectivity index (χ2v) is 6.43. The first-order chi connectivity index (χ1) is 12.5. The third kappa shape index (κ3) is 6.00. The highest BCUT2D eigenvalue weighted by Gasteiger charge is 2.23. The number of benzene rings is 2. The summed E-state index contributed by atoms with van der Waals surface area (Å²) in [6, 6.07) is 15.2. The van der Waals surface area contributed by atoms with E-state index in [1.54, 1.807) is 24.3 Å². The highest BCUT2D eigenvalue weighted by atomic mass is 79.9. The molecular formula is C19H19BrN2O4. The first-order valence-corrected chi connectivity index (χ1v) is 8.72. The van der Waals surface area contributed by atoms with Gasteiger partial charge in [0.25, 0.3) is 0 Å². The van der Waals surface area contributed by atoms with Crippen molar-refractivity contribution < 1.29 is 19.1 Å². The van der Waals surface area contributed by atoms with Crippen LogP contribution < -0.4 is 10.6 Å². The molecule has 1 atom stereocenters. The number of carbonyl (C=O) groups is 3. The largest absolute Gasteiger partial charge is 0.467 e. The Bertz CT molecular complexity index is 763. The Balaban J connectivity index is 1.91. The Morgan fingerprint density at radius 1 is 1.00 bits per heavy atom. The lowest BCUT2D eigenvalue weighted by Crippen LogP contribution is -2.41. The number of amides is 2. The minimum atomic E-state index is -0.938. The first kappa shape index (κ1) is 19.7. The second kappa shape index (κ2) is 9.72. The Morgan fingerprint density at radius 3 is 2.27 bits per heavy atom. The van der Waals surface area contributed by atoms with Crippen LogP contribution in [0.15, 0.2) is 59.1 Å². The number of nitrogens with one attached hydrogen (secondary N) is 2. The lowest BCUT2D eigenvalue weighted by molar-refractivity contribution is -0.145. The molecule has 0 spiro atoms. The SMILES string of the molecule is COC(=O)C(NC(=O)CNC(=O)Cc1ccccc1)c1ccc(Br)cc1. The van der Waals surface area contributed by atoms with Gasteiger partial charge in [0.1, 0.15) is 0 Å². The Morgan fingerprint density at radius 2 is 1.65 bits per heavy atom. The van der Waals surface area contributed by atoms with E-state index in [2.05, 4.69) is 26.6 Å². The molecule has 2 aromatic rings. The van der Waals surface area contributed by atoms with Gasteiger partial charge in [-0.1, -0.05) is 58.4 Å². The predicted octanol–water partition coefficient (Wildman–Crippen LogP) is 2.14. The number of rotatable bonds is 7. The van der Waals surface area contributed by atoms with Crippen molar-refractivity contribution in [2.24, 2.45) is 0 Å². The van der Waals surface area contributed by atoms with Crippen molar-refractivity contribution >= 4 is 33.7 Å². The van der Waals surface area contributed by atoms with Crippen molar-refractivity contribution in [3.05, 3.63) is 70.2 Å². The van der Waals surface area contributed by atoms with Crippen LogP contribution in [0.25, 0.3) is 0 Å². The number of carbonyl (C=O) groups excluding carboxylic acids is 3. The zero-order valence-corrected chi connectivity index (χ0v) is 15.8. The van der Waals surface area contributed by atoms with Gasteiger partial charge in [0.05, 0.1) is 20.1 Å². The minimum Gasteiger partial charge on any atom is -0.467 e. The maximum absolute atomic E-state index is 12.1. The van der Waals surface area contributed by atoms with E-state index in [1.165, 1.54) is 7.11 Å². The van der Waals surface area contributed by atoms with E-state index in [-0.39, 0.29) is 18.9 Å². The monoisotopic (exact) mass is 418 g/mol. The summed E-state index contributed by atoms with van der Waals surface area (Å²) in [7, 11) is 1.25. The van der Waals surface area contributed by atoms with E-state index in [0.717, 1.165) is 10.0 Å². The summed E-state index contributed by atoms with van der Waals surface area (Å²) in [5, 5.41) is 5.12. The smallest absolute Gasteiger partial charge is 0.333 e. The van der Waals surface area contributed by atoms with Crippen LogP contribution in [-0.2, 0) is 25.5 Å². The van der Waals surface area contributed by atoms with Gasteiger partial charge in [-0.2, -0.15) is 0 Å². The Kier molecular flexibility index (Phi) is 7.35. The fourth-order valence-electron chi connectivity index (χ4n) is 2.29. The molecule has 7 heteroatoms. The van der Waals surface area contributed by atoms with Gasteiger partial charge >= 0.3 is 5.97 Å². The van der Waals surface area contributed by atoms with E-state index in [4.69, 9.17) is 4.74 Å². The lowest BCUT2D eigenvalue weighted by Gasteiger charge is -2.17. The average molecular weight is 419 g/mol. The van der Waals surface area contributed by atoms with Gasteiger partial charge in [0.2, 0.25) is 11.8 Å². The molecule has 1 unspecified atom stereocenters. The molecule has 0 aliphatic heterocycles. The Labute approximate surface area is 160 Å². The molecule has 2 amide bonds. The van der Waals surface area contributed by atoms with Crippen LogP contribution in [0.5, 0.6) is 0 Å². The van der Waals surface area contributed by atoms with Crippen LogP contribution in [0.2, 0.25) is 0 Å². The molecule has 0 aliphatic carbocycles. The highest BCUT2D eigenvalue weighted by molar-refractivity contribution is 9.10. The van der Waals surface area contributed by atoms with E-state index >= 15 is 0 Å². The van der Waals surface area contributed by atoms with Crippen LogP contribution in [0.3, 0.4) is 0 Å². The van der Waals surface area contributed by atoms with Crippen molar-refractivity contribution in [2.75, 3.05) is 13.7 Å². The predicted molar refractivity (Wildman–Crippen MR) is 100 cm³/mol. The van der Waals surface area contributed by atoms with Crippen LogP contribution in [0.1, 0.15) is 17.2 Å². The van der Waals surface area contributed by atoms with Gasteiger partial charge in [-0.05, 0) is 23.3 Å². The van der Waals surface area contributed by atoms with E-state index in [0.29, 0.717) is 5.56 Å². The number of halogens is 1. The molecule has 0 saturated carbocycles. The minimum absolute atomic E-state index is 0.182. The fourth-order valence-corrected chi connectivity index (χ4v) is 2.55. The Hall–Kier alpha value is -2.67. The zero-order chi connectivity index (χ0) is 18.9. The number of esters is 1. The van der Waals surface area contributed by atoms with Gasteiger partial charge in [0.15, 0.2) is 6.04 Å². The van der Waals surface area contributed by atoms with Gasteiger partial charge in [-0.25, -0.2) is 4.79 Å². The lowest BCUT2D eigenvalue weighted by atomic mass is 10.1. The van der Waals surface area contributed by atoms with E-state index < -0.39 is 17.9 Å². The molecular weight excluding hydrogens is 400 g/mol. The first-order valence-electron chi connectivity index (χ1n) is 7.93. The molecule has 0 bridgehead atoms. The molecule has 0 aliphatic rings. The van der Waals surface area contributed by atoms with Gasteiger partial charge in [-0.3, -0.25) is 9.59 Å². The topological polar surface area (TPSA) is 84.5 Å². The number of ether oxygens (including phenoxy) is 1. The summed E-state index contributed by atoms with van der Waals surface area (Å²) in [4.78, 5) is 36.0. The molecule has 26 heavy (non-hydrogen) atoms. The zero-order valence-electron chi connectivity index (χ0n) is 14.2. The molecule has 0 saturated heterocycles. The summed E-state index contributed by atoms with van der Waals surface area (Å²) >= 11 is 3.32. The van der Waals surface area contributed by atoms with Crippen molar-refractivity contribution in [3.63, 3.8) is 0 Å². The average Bonchev–Trinajstić information content (AvgIpc) is 2.65. The normalized spacial score (nSPS) is 11.3. The van der Waals surface area contributed by atoms with Crippen LogP contribution in [-0.4, -0.2) is 31.4 Å². The maximum Gasteiger partial charge on any atom is 0.333 e. The molecule has 2 N–H and O–H groups in total. The van der Waals surface area contributed by atoms with Gasteiger partial charge in [-0.15, -0.1) is 0 Å². The van der Waals surface area contributed by atoms with Crippen molar-refractivity contribution in [1.29, 1.82) is 0 Å². The summed E-state index contributed by atoms with van der Waals surface area (Å²) in [6.45, 7) is -0.226. The van der Waals surface area contributed by atoms with Crippen LogP contribution >= 0.6 is 15.9 Å². The maximum atomic E-state index is 12.1. The van der Waals surface area contributed by atoms with Crippen LogP contribution in [0, 0.1) is 0 Å². The van der Waals surface area contributed by atoms with Gasteiger partial charge in [0, 0.05) is 4.47 Å². The van der Waals surface area contributed by atoms with E-state index in [1.807, 2.05) is 30.3 Å². The molecule has 0 radical (unpaired) electrons. The molecule has 2 aromatic carbocycles. The van der Waals surface area contributed by atoms with Crippen molar-refractivity contribution in [3.8, 4) is 0 Å². The quantitative estimate of drug-likeness (QED) is 0.674. The number of hydrogen-bond donors (Lipinski definition) is 2. The van der Waals surface area contributed by atoms with Crippen molar-refractivity contribution in [1.82, 2.24) is 10.6 Å². The third-order valence-electron chi connectivity index (χ3n) is 3.60. The molecule has 6 nitrogen and oxygen atoms in total. The molecule has 2 rings (SSSR count). The molecule has 136 valence electrons. The molecule has 0 heterocycles. The summed E-state index contributed by atoms with van der Waals surface area (Å²) < 4.78 is 5.60. The number of methoxy groups -OCH3 is 1. The standard InChI is InChI=1S/C19H19BrN2O4/c1-26-19(25)18(14-7-9-15(20)10-8-14)22-17(24)12-21-16(23)11-13-5-3-2-4-6-13/h2-10,18H,11-12H2,1H3,(H,21,23)(H,22,24). The summed E-state index contributed by atoms with van der Waals surface area (Å²) in [5.41, 5.74) is 1.44. The van der Waals surface area contributed by atoms with Crippen LogP contribution in [0.4, 0.5) is 0 Å². The fraction of sp³-hybridized carbons (Fsp3) is 0.211. The highest BCUT2D eigenvalue weighted by Crippen LogP contribution is 2.18. The van der Waals surface area contributed by atoms with Crippen molar-refractivity contribution in [2.45, 2.75) is 12.5 Å². The second-order valence-electron chi connectivity index (χ2n) is 5.51. The third-order valence-corrected chi connectivity index (χ3v) is 4.13.